The molecule has 0 fully saturated rings. The average molecular weight is 469 g/mol. The Morgan fingerprint density at radius 1 is 0.867 bits per heavy atom. The summed E-state index contributed by atoms with van der Waals surface area (Å²) >= 11 is 15.5. The van der Waals surface area contributed by atoms with Crippen LogP contribution in [0.3, 0.4) is 0 Å². The van der Waals surface area contributed by atoms with Crippen LogP contribution >= 0.6 is 46.3 Å². The van der Waals surface area contributed by atoms with Gasteiger partial charge in [-0.25, -0.2) is 4.99 Å². The van der Waals surface area contributed by atoms with Gasteiger partial charge in [0.05, 0.1) is 17.9 Å². The second kappa shape index (κ2) is 8.40. The summed E-state index contributed by atoms with van der Waals surface area (Å²) in [4.78, 5) is 9.07. The second-order valence-corrected chi connectivity index (χ2v) is 9.55. The smallest absolute Gasteiger partial charge is 0.231 e. The van der Waals surface area contributed by atoms with Gasteiger partial charge >= 0.3 is 0 Å². The molecule has 0 radical (unpaired) electrons. The molecule has 4 aromatic rings. The van der Waals surface area contributed by atoms with Gasteiger partial charge in [0.1, 0.15) is 5.01 Å². The van der Waals surface area contributed by atoms with Crippen molar-refractivity contribution in [2.24, 2.45) is 4.99 Å². The number of anilines is 2. The van der Waals surface area contributed by atoms with Crippen molar-refractivity contribution in [3.8, 4) is 0 Å². The molecule has 0 saturated carbocycles. The molecule has 5 rings (SSSR count). The summed E-state index contributed by atoms with van der Waals surface area (Å²) in [6.45, 7) is 0.596. The fraction of sp³-hybridized carbons (Fsp3) is 0.0455. The zero-order chi connectivity index (χ0) is 20.5. The fourth-order valence-corrected chi connectivity index (χ4v) is 5.19. The van der Waals surface area contributed by atoms with Crippen LogP contribution in [0, 0.1) is 0 Å². The molecule has 4 nitrogen and oxygen atoms in total. The van der Waals surface area contributed by atoms with E-state index in [0.717, 1.165) is 21.9 Å². The van der Waals surface area contributed by atoms with E-state index in [1.165, 1.54) is 21.1 Å². The number of nitrogens with zero attached hydrogens (tertiary/aromatic N) is 4. The molecular weight excluding hydrogens is 455 g/mol. The standard InChI is InChI=1S/C22H14Cl2N4S2/c23-15-7-5-14(6-8-15)12-25-22-27-26-21(30-22)13-28-17-3-1-2-4-19(17)29-20-10-9-16(24)11-18(20)28/h1-12H,13H2/b25-12+. The van der Waals surface area contributed by atoms with Gasteiger partial charge in [-0.1, -0.05) is 70.6 Å². The molecule has 3 aromatic carbocycles. The molecule has 0 bridgehead atoms. The van der Waals surface area contributed by atoms with E-state index in [1.54, 1.807) is 18.0 Å². The quantitative estimate of drug-likeness (QED) is 0.292. The number of benzene rings is 3. The summed E-state index contributed by atoms with van der Waals surface area (Å²) in [6.07, 6.45) is 1.77. The summed E-state index contributed by atoms with van der Waals surface area (Å²) in [5.41, 5.74) is 3.17. The van der Waals surface area contributed by atoms with Crippen LogP contribution < -0.4 is 4.90 Å². The van der Waals surface area contributed by atoms with Gasteiger partial charge < -0.3 is 4.90 Å². The third kappa shape index (κ3) is 4.09. The minimum Gasteiger partial charge on any atom is -0.333 e. The van der Waals surface area contributed by atoms with Gasteiger partial charge in [-0.2, -0.15) is 0 Å². The molecule has 8 heteroatoms. The normalized spacial score (nSPS) is 12.8. The highest BCUT2D eigenvalue weighted by Crippen LogP contribution is 2.49. The largest absolute Gasteiger partial charge is 0.333 e. The lowest BCUT2D eigenvalue weighted by atomic mass is 10.2. The number of hydrogen-bond acceptors (Lipinski definition) is 6. The first kappa shape index (κ1) is 19.6. The highest BCUT2D eigenvalue weighted by Gasteiger charge is 2.24. The van der Waals surface area contributed by atoms with Crippen molar-refractivity contribution < 1.29 is 0 Å². The molecule has 0 spiro atoms. The van der Waals surface area contributed by atoms with Crippen molar-refractivity contribution in [2.45, 2.75) is 16.3 Å². The predicted octanol–water partition coefficient (Wildman–Crippen LogP) is 7.40. The zero-order valence-electron chi connectivity index (χ0n) is 15.5. The number of hydrogen-bond donors (Lipinski definition) is 0. The van der Waals surface area contributed by atoms with E-state index in [1.807, 2.05) is 42.5 Å². The number of rotatable bonds is 4. The Bertz CT molecular complexity index is 1240. The van der Waals surface area contributed by atoms with E-state index >= 15 is 0 Å². The lowest BCUT2D eigenvalue weighted by Crippen LogP contribution is -2.20. The molecule has 0 unspecified atom stereocenters. The topological polar surface area (TPSA) is 41.4 Å². The summed E-state index contributed by atoms with van der Waals surface area (Å²) in [5, 5.41) is 11.5. The van der Waals surface area contributed by atoms with Crippen molar-refractivity contribution in [1.82, 2.24) is 10.2 Å². The Labute approximate surface area is 192 Å². The maximum Gasteiger partial charge on any atom is 0.231 e. The summed E-state index contributed by atoms with van der Waals surface area (Å²) in [5.74, 6) is 0. The van der Waals surface area contributed by atoms with Crippen molar-refractivity contribution in [3.05, 3.63) is 87.3 Å². The monoisotopic (exact) mass is 468 g/mol. The van der Waals surface area contributed by atoms with E-state index in [4.69, 9.17) is 23.2 Å². The number of para-hydroxylation sites is 1. The first-order valence-electron chi connectivity index (χ1n) is 9.12. The molecule has 0 amide bonds. The van der Waals surface area contributed by atoms with Crippen LogP contribution in [0.2, 0.25) is 10.0 Å². The van der Waals surface area contributed by atoms with Gasteiger partial charge in [0.15, 0.2) is 0 Å². The van der Waals surface area contributed by atoms with E-state index in [0.29, 0.717) is 21.7 Å². The lowest BCUT2D eigenvalue weighted by Gasteiger charge is -2.32. The third-order valence-corrected chi connectivity index (χ3v) is 6.96. The molecule has 1 aliphatic rings. The van der Waals surface area contributed by atoms with Crippen LogP contribution in [0.25, 0.3) is 0 Å². The van der Waals surface area contributed by atoms with Gasteiger partial charge in [-0.3, -0.25) is 0 Å². The van der Waals surface area contributed by atoms with Gasteiger partial charge in [0.2, 0.25) is 5.13 Å². The fourth-order valence-electron chi connectivity index (χ4n) is 3.15. The maximum atomic E-state index is 6.30. The van der Waals surface area contributed by atoms with E-state index < -0.39 is 0 Å². The summed E-state index contributed by atoms with van der Waals surface area (Å²) in [6, 6.07) is 21.8. The summed E-state index contributed by atoms with van der Waals surface area (Å²) < 4.78 is 0. The van der Waals surface area contributed by atoms with Crippen molar-refractivity contribution in [3.63, 3.8) is 0 Å². The highest BCUT2D eigenvalue weighted by atomic mass is 35.5. The first-order valence-corrected chi connectivity index (χ1v) is 11.5. The van der Waals surface area contributed by atoms with Crippen LogP contribution in [0.4, 0.5) is 16.5 Å². The number of aromatic nitrogens is 2. The van der Waals surface area contributed by atoms with Crippen molar-refractivity contribution >= 4 is 69.0 Å². The molecule has 30 heavy (non-hydrogen) atoms. The third-order valence-electron chi connectivity index (χ3n) is 4.53. The van der Waals surface area contributed by atoms with E-state index in [2.05, 4.69) is 44.4 Å². The van der Waals surface area contributed by atoms with Crippen molar-refractivity contribution in [2.75, 3.05) is 4.90 Å². The molecule has 1 aromatic heterocycles. The van der Waals surface area contributed by atoms with Gasteiger partial charge in [-0.15, -0.1) is 10.2 Å². The van der Waals surface area contributed by atoms with Crippen LogP contribution in [0.15, 0.2) is 81.5 Å². The maximum absolute atomic E-state index is 6.30. The van der Waals surface area contributed by atoms with Gasteiger partial charge in [0, 0.05) is 26.1 Å². The molecule has 0 atom stereocenters. The minimum absolute atomic E-state index is 0.596. The second-order valence-electron chi connectivity index (χ2n) is 6.56. The molecule has 1 aliphatic heterocycles. The zero-order valence-corrected chi connectivity index (χ0v) is 18.6. The Balaban J connectivity index is 1.42. The van der Waals surface area contributed by atoms with Crippen molar-refractivity contribution in [1.29, 1.82) is 0 Å². The Morgan fingerprint density at radius 3 is 2.50 bits per heavy atom. The van der Waals surface area contributed by atoms with Crippen LogP contribution in [-0.4, -0.2) is 16.4 Å². The number of halogens is 2. The molecule has 0 N–H and O–H groups in total. The van der Waals surface area contributed by atoms with Crippen LogP contribution in [0.1, 0.15) is 10.6 Å². The van der Waals surface area contributed by atoms with E-state index in [-0.39, 0.29) is 0 Å². The Kier molecular flexibility index (Phi) is 5.48. The van der Waals surface area contributed by atoms with Gasteiger partial charge in [0.25, 0.3) is 0 Å². The molecular formula is C22H14Cl2N4S2. The van der Waals surface area contributed by atoms with Gasteiger partial charge in [-0.05, 0) is 48.0 Å². The molecule has 0 aliphatic carbocycles. The highest BCUT2D eigenvalue weighted by molar-refractivity contribution is 7.99. The molecule has 0 saturated heterocycles. The van der Waals surface area contributed by atoms with Crippen LogP contribution in [-0.2, 0) is 6.54 Å². The number of aliphatic imine (C=N–C) groups is 1. The Morgan fingerprint density at radius 2 is 1.63 bits per heavy atom. The average Bonchev–Trinajstić information content (AvgIpc) is 3.21. The summed E-state index contributed by atoms with van der Waals surface area (Å²) in [7, 11) is 0. The van der Waals surface area contributed by atoms with E-state index in [9.17, 15) is 0 Å². The Hall–Kier alpha value is -2.38. The SMILES string of the molecule is Clc1ccc(/C=N/c2nnc(CN3c4ccccc4Sc4ccc(Cl)cc43)s2)cc1. The minimum atomic E-state index is 0.596. The molecule has 2 heterocycles. The predicted molar refractivity (Wildman–Crippen MR) is 126 cm³/mol. The molecule has 148 valence electrons. The number of fused-ring (bicyclic) bond motifs is 2. The first-order chi connectivity index (χ1) is 14.7. The lowest BCUT2D eigenvalue weighted by molar-refractivity contribution is 0.893. The van der Waals surface area contributed by atoms with Crippen LogP contribution in [0.5, 0.6) is 0 Å².